The van der Waals surface area contributed by atoms with Crippen LogP contribution in [0.3, 0.4) is 0 Å². The van der Waals surface area contributed by atoms with Crippen molar-refractivity contribution in [1.82, 2.24) is 0 Å². The molecule has 2 saturated carbocycles. The van der Waals surface area contributed by atoms with Gasteiger partial charge in [0.05, 0.1) is 11.7 Å². The van der Waals surface area contributed by atoms with Crippen molar-refractivity contribution in [1.29, 1.82) is 0 Å². The molecule has 0 amide bonds. The van der Waals surface area contributed by atoms with Gasteiger partial charge in [0, 0.05) is 22.1 Å². The van der Waals surface area contributed by atoms with E-state index in [0.717, 1.165) is 16.7 Å². The van der Waals surface area contributed by atoms with Gasteiger partial charge in [0.1, 0.15) is 29.5 Å². The molecule has 2 aromatic carbocycles. The maximum absolute atomic E-state index is 13.5. The second kappa shape index (κ2) is 8.29. The Kier molecular flexibility index (Phi) is 5.09. The molecule has 3 aliphatic carbocycles. The van der Waals surface area contributed by atoms with E-state index < -0.39 is 40.3 Å². The van der Waals surface area contributed by atoms with Crippen LogP contribution in [0.5, 0.6) is 0 Å². The molecule has 9 rings (SSSR count). The van der Waals surface area contributed by atoms with Crippen molar-refractivity contribution < 1.29 is 38.4 Å². The Morgan fingerprint density at radius 3 is 2.27 bits per heavy atom. The number of aliphatic hydroxyl groups is 1. The number of esters is 2. The van der Waals surface area contributed by atoms with Gasteiger partial charge >= 0.3 is 11.9 Å². The molecule has 9 atom stereocenters. The third kappa shape index (κ3) is 2.99. The number of rotatable bonds is 4. The predicted molar refractivity (Wildman–Crippen MR) is 157 cm³/mol. The van der Waals surface area contributed by atoms with Gasteiger partial charge in [0.15, 0.2) is 17.1 Å². The van der Waals surface area contributed by atoms with Gasteiger partial charge in [0.2, 0.25) is 0 Å². The first-order valence-corrected chi connectivity index (χ1v) is 15.8. The number of hydrogen-bond acceptors (Lipinski definition) is 8. The number of benzene rings is 2. The number of ether oxygens (including phenoxy) is 5. The van der Waals surface area contributed by atoms with E-state index in [-0.39, 0.29) is 35.9 Å². The van der Waals surface area contributed by atoms with E-state index in [0.29, 0.717) is 41.7 Å². The summed E-state index contributed by atoms with van der Waals surface area (Å²) in [4.78, 5) is 27.0. The van der Waals surface area contributed by atoms with Crippen molar-refractivity contribution >= 4 is 17.7 Å². The van der Waals surface area contributed by atoms with Crippen LogP contribution in [0.25, 0.3) is 5.76 Å². The SMILES string of the molecule is Cc1ccc(C(=O)O/C(=C2/OC(=O)C3=C2[C@@H]2C[C@@H]4O[C@@]45[C@H](O)[C@@]4(C(C)C)O[C@H]4[C@@H]4O[C@@]45[C@@]2(C)CC3)c2ccc(C)cc2)cc1. The Bertz CT molecular complexity index is 1720. The molecule has 0 unspecified atom stereocenters. The number of carbonyl (C=O) groups excluding carboxylic acids is 2. The molecule has 1 N–H and O–H groups in total. The number of cyclic esters (lactones) is 1. The lowest BCUT2D eigenvalue weighted by Crippen LogP contribution is -2.69. The van der Waals surface area contributed by atoms with Crippen LogP contribution in [0.2, 0.25) is 0 Å². The zero-order chi connectivity index (χ0) is 30.6. The smallest absolute Gasteiger partial charge is 0.343 e. The molecule has 5 fully saturated rings. The van der Waals surface area contributed by atoms with Gasteiger partial charge in [-0.05, 0) is 57.1 Å². The summed E-state index contributed by atoms with van der Waals surface area (Å²) in [5, 5.41) is 11.9. The lowest BCUT2D eigenvalue weighted by molar-refractivity contribution is -0.133. The molecular formula is C36H36O8. The van der Waals surface area contributed by atoms with Crippen molar-refractivity contribution in [3.63, 3.8) is 0 Å². The quantitative estimate of drug-likeness (QED) is 0.300. The van der Waals surface area contributed by atoms with Crippen molar-refractivity contribution in [2.24, 2.45) is 17.3 Å². The van der Waals surface area contributed by atoms with Crippen molar-refractivity contribution in [2.45, 2.75) is 95.1 Å². The van der Waals surface area contributed by atoms with Crippen LogP contribution in [0, 0.1) is 31.1 Å². The standard InChI is InChI=1S/C36H36O8/c1-17(2)34-28(43-34)29-36(44-29)33(5)15-14-22-25(23(33)16-24-35(36,42-24)32(34)39)27(41-31(22)38)26(20-10-6-18(3)7-11-20)40-30(37)21-12-8-19(4)9-13-21/h6-13,17,23-24,28-29,32,39H,14-16H2,1-5H3/b27-26+/t23-,24-,28-,29-,32+,33-,34-,35+,36+/m0/s1. The van der Waals surface area contributed by atoms with Crippen LogP contribution in [-0.4, -0.2) is 58.3 Å². The van der Waals surface area contributed by atoms with E-state index >= 15 is 0 Å². The Balaban J connectivity index is 1.17. The minimum absolute atomic E-state index is 0.116. The lowest BCUT2D eigenvalue weighted by atomic mass is 9.46. The first-order chi connectivity index (χ1) is 21.0. The third-order valence-corrected chi connectivity index (χ3v) is 12.0. The highest BCUT2D eigenvalue weighted by Gasteiger charge is 3.00. The summed E-state index contributed by atoms with van der Waals surface area (Å²) in [6, 6.07) is 14.9. The minimum atomic E-state index is -0.830. The fraction of sp³-hybridized carbons (Fsp3) is 0.500. The van der Waals surface area contributed by atoms with E-state index in [1.165, 1.54) is 0 Å². The molecule has 4 heterocycles. The molecule has 4 aliphatic heterocycles. The van der Waals surface area contributed by atoms with E-state index in [2.05, 4.69) is 20.8 Å². The second-order valence-corrected chi connectivity index (χ2v) is 14.4. The molecule has 3 saturated heterocycles. The molecule has 8 heteroatoms. The van der Waals surface area contributed by atoms with Crippen molar-refractivity contribution in [3.8, 4) is 0 Å². The maximum atomic E-state index is 13.5. The predicted octanol–water partition coefficient (Wildman–Crippen LogP) is 4.95. The van der Waals surface area contributed by atoms with Gasteiger partial charge < -0.3 is 28.8 Å². The highest BCUT2D eigenvalue weighted by atomic mass is 16.7. The van der Waals surface area contributed by atoms with Crippen LogP contribution >= 0.6 is 0 Å². The van der Waals surface area contributed by atoms with Gasteiger partial charge in [-0.3, -0.25) is 0 Å². The highest BCUT2D eigenvalue weighted by Crippen LogP contribution is 2.83. The van der Waals surface area contributed by atoms with Crippen LogP contribution in [0.15, 0.2) is 65.4 Å². The van der Waals surface area contributed by atoms with Crippen LogP contribution in [-0.2, 0) is 28.5 Å². The summed E-state index contributed by atoms with van der Waals surface area (Å²) in [7, 11) is 0. The normalized spacial score (nSPS) is 43.1. The van der Waals surface area contributed by atoms with Gasteiger partial charge in [0.25, 0.3) is 0 Å². The van der Waals surface area contributed by atoms with E-state index in [1.54, 1.807) is 12.1 Å². The van der Waals surface area contributed by atoms with Gasteiger partial charge in [-0.15, -0.1) is 0 Å². The monoisotopic (exact) mass is 596 g/mol. The number of aliphatic hydroxyl groups excluding tert-OH is 1. The topological polar surface area (TPSA) is 110 Å². The average Bonchev–Trinajstić information content (AvgIpc) is 3.91. The first kappa shape index (κ1) is 27.0. The van der Waals surface area contributed by atoms with Crippen LogP contribution < -0.4 is 0 Å². The molecular weight excluding hydrogens is 560 g/mol. The molecule has 0 aromatic heterocycles. The molecule has 2 aromatic rings. The molecule has 7 aliphatic rings. The fourth-order valence-electron chi connectivity index (χ4n) is 9.60. The summed E-state index contributed by atoms with van der Waals surface area (Å²) in [5.74, 6) is -0.464. The number of hydrogen-bond donors (Lipinski definition) is 1. The third-order valence-electron chi connectivity index (χ3n) is 12.0. The largest absolute Gasteiger partial charge is 0.419 e. The number of aryl methyl sites for hydroxylation is 2. The highest BCUT2D eigenvalue weighted by molar-refractivity contribution is 5.99. The fourth-order valence-corrected chi connectivity index (χ4v) is 9.60. The van der Waals surface area contributed by atoms with Crippen molar-refractivity contribution in [2.75, 3.05) is 0 Å². The molecule has 44 heavy (non-hydrogen) atoms. The summed E-state index contributed by atoms with van der Waals surface area (Å²) in [5.41, 5.74) is 1.85. The van der Waals surface area contributed by atoms with Crippen LogP contribution in [0.1, 0.15) is 67.1 Å². The molecule has 8 nitrogen and oxygen atoms in total. The molecule has 0 radical (unpaired) electrons. The van der Waals surface area contributed by atoms with E-state index in [4.69, 9.17) is 23.7 Å². The summed E-state index contributed by atoms with van der Waals surface area (Å²) in [6.45, 7) is 10.3. The Morgan fingerprint density at radius 2 is 1.61 bits per heavy atom. The van der Waals surface area contributed by atoms with Gasteiger partial charge in [-0.2, -0.15) is 0 Å². The van der Waals surface area contributed by atoms with Gasteiger partial charge in [-0.1, -0.05) is 68.3 Å². The number of fused-ring (bicyclic) bond motifs is 4. The van der Waals surface area contributed by atoms with E-state index in [9.17, 15) is 14.7 Å². The Hall–Kier alpha value is -3.30. The van der Waals surface area contributed by atoms with Crippen molar-refractivity contribution in [3.05, 3.63) is 87.7 Å². The zero-order valence-electron chi connectivity index (χ0n) is 25.5. The number of epoxide rings is 3. The molecule has 2 spiro atoms. The minimum Gasteiger partial charge on any atom is -0.419 e. The first-order valence-electron chi connectivity index (χ1n) is 15.8. The lowest BCUT2D eigenvalue weighted by Gasteiger charge is -2.53. The molecule has 228 valence electrons. The summed E-state index contributed by atoms with van der Waals surface area (Å²) < 4.78 is 31.8. The maximum Gasteiger partial charge on any atom is 0.343 e. The zero-order valence-corrected chi connectivity index (χ0v) is 25.5. The summed E-state index contributed by atoms with van der Waals surface area (Å²) >= 11 is 0. The second-order valence-electron chi connectivity index (χ2n) is 14.4. The Labute approximate surface area is 256 Å². The number of carbonyl (C=O) groups is 2. The molecule has 0 bridgehead atoms. The van der Waals surface area contributed by atoms with Crippen LogP contribution in [0.4, 0.5) is 0 Å². The average molecular weight is 597 g/mol. The van der Waals surface area contributed by atoms with E-state index in [1.807, 2.05) is 50.2 Å². The Morgan fingerprint density at radius 1 is 0.955 bits per heavy atom. The summed E-state index contributed by atoms with van der Waals surface area (Å²) in [6.07, 6.45) is 0.354. The van der Waals surface area contributed by atoms with Gasteiger partial charge in [-0.25, -0.2) is 9.59 Å². The number of allylic oxidation sites excluding steroid dienone is 1.